The van der Waals surface area contributed by atoms with Crippen molar-refractivity contribution in [3.05, 3.63) is 95.6 Å². The van der Waals surface area contributed by atoms with Gasteiger partial charge in [-0.3, -0.25) is 14.6 Å². The molecule has 0 fully saturated rings. The molecule has 354 valence electrons. The van der Waals surface area contributed by atoms with E-state index in [1.54, 1.807) is 27.8 Å². The molecule has 7 N–H and O–H groups in total. The van der Waals surface area contributed by atoms with Crippen molar-refractivity contribution >= 4 is 49.4 Å². The van der Waals surface area contributed by atoms with Crippen molar-refractivity contribution in [2.45, 2.75) is 124 Å². The van der Waals surface area contributed by atoms with E-state index in [0.717, 1.165) is 27.8 Å². The van der Waals surface area contributed by atoms with Crippen LogP contribution in [0, 0.1) is 5.92 Å². The van der Waals surface area contributed by atoms with E-state index < -0.39 is 53.7 Å². The summed E-state index contributed by atoms with van der Waals surface area (Å²) >= 11 is 0. The van der Waals surface area contributed by atoms with Gasteiger partial charge in [0.25, 0.3) is 0 Å². The fraction of sp³-hybridized carbons (Fsp3) is 0.500. The number of amides is 4. The minimum absolute atomic E-state index is 0. The van der Waals surface area contributed by atoms with Gasteiger partial charge in [-0.15, -0.1) is 0 Å². The second-order valence-electron chi connectivity index (χ2n) is 16.2. The molecule has 1 unspecified atom stereocenters. The van der Waals surface area contributed by atoms with Gasteiger partial charge in [-0.05, 0) is 86.6 Å². The van der Waals surface area contributed by atoms with Gasteiger partial charge in [0.15, 0.2) is 5.96 Å². The number of nitrogens with two attached hydrogens (primary N) is 1. The summed E-state index contributed by atoms with van der Waals surface area (Å²) in [5, 5.41) is 14.1. The number of carbonyl (C=O) groups excluding carboxylic acids is 5. The number of nitrogens with one attached hydrogen (secondary N) is 5. The summed E-state index contributed by atoms with van der Waals surface area (Å²) in [5.41, 5.74) is 10.2. The number of rotatable bonds is 21. The van der Waals surface area contributed by atoms with Crippen LogP contribution in [0.25, 0.3) is 11.1 Å². The van der Waals surface area contributed by atoms with E-state index in [1.807, 2.05) is 92.7 Å². The number of aliphatic imine (C=N–C) groups is 1. The Hall–Kier alpha value is -5.77. The second kappa shape index (κ2) is 28.1. The third kappa shape index (κ3) is 17.8. The van der Waals surface area contributed by atoms with E-state index >= 15 is 0 Å². The van der Waals surface area contributed by atoms with Gasteiger partial charge in [0.2, 0.25) is 11.8 Å². The predicted molar refractivity (Wildman–Crippen MR) is 258 cm³/mol. The van der Waals surface area contributed by atoms with Crippen LogP contribution in [0.4, 0.5) is 9.59 Å². The zero-order chi connectivity index (χ0) is 44.4. The van der Waals surface area contributed by atoms with E-state index in [4.69, 9.17) is 19.9 Å². The van der Waals surface area contributed by atoms with Crippen LogP contribution in [0.3, 0.4) is 0 Å². The first-order chi connectivity index (χ1) is 29.2. The minimum Gasteiger partial charge on any atom is -0.459 e. The lowest BCUT2D eigenvalue weighted by atomic mass is 9.98. The summed E-state index contributed by atoms with van der Waals surface area (Å²) in [6.07, 6.45) is 0.793. The lowest BCUT2D eigenvalue weighted by Crippen LogP contribution is -2.57. The third-order valence-corrected chi connectivity index (χ3v) is 10.4. The van der Waals surface area contributed by atoms with Crippen molar-refractivity contribution in [3.63, 3.8) is 0 Å². The van der Waals surface area contributed by atoms with E-state index in [2.05, 4.69) is 31.6 Å². The summed E-state index contributed by atoms with van der Waals surface area (Å²) in [6, 6.07) is 22.0. The fourth-order valence-electron chi connectivity index (χ4n) is 6.91. The second-order valence-corrected chi connectivity index (χ2v) is 16.2. The van der Waals surface area contributed by atoms with Crippen molar-refractivity contribution in [1.29, 1.82) is 0 Å². The van der Waals surface area contributed by atoms with Crippen LogP contribution in [-0.2, 0) is 35.2 Å². The number of nitrogens with zero attached hydrogens (tertiary/aromatic N) is 1. The van der Waals surface area contributed by atoms with E-state index in [1.165, 1.54) is 0 Å². The summed E-state index contributed by atoms with van der Waals surface area (Å²) in [6.45, 7) is 9.74. The number of carbonyl (C=O) groups is 5. The zero-order valence-corrected chi connectivity index (χ0v) is 37.8. The molecule has 0 radical (unpaired) electrons. The first-order valence-electron chi connectivity index (χ1n) is 21.1. The largest absolute Gasteiger partial charge is 0.459 e. The standard InChI is InChI=1S/C46H63N7O8.2CH4.H2S/c1-7-30(2)39(42(56)59-28-31-18-9-8-10-19-31)53-41(55)37(25-17-27-49-43(47)48-6)51-40(54)38(24-15-16-26-50-44(57)61-46(3,4)5)52-45(58)60-29-36-34-22-13-11-20-32(34)33-21-12-14-23-35(33)36;;;/h8-14,18-23,30,36-39H,7,15-17,24-29H2,1-6H3,(H,50,57)(H,51,54)(H,52,58)(H,53,55)(H3,47,48,49);2*1H4;1H2/t30?,37-,38-,39+;;;/m1.../s1. The van der Waals surface area contributed by atoms with Gasteiger partial charge < -0.3 is 46.5 Å². The Labute approximate surface area is 387 Å². The normalized spacial score (nSPS) is 13.6. The molecule has 0 aromatic heterocycles. The van der Waals surface area contributed by atoms with Crippen LogP contribution in [0.15, 0.2) is 83.9 Å². The maximum atomic E-state index is 14.2. The maximum Gasteiger partial charge on any atom is 0.407 e. The number of hydrogen-bond acceptors (Lipinski definition) is 9. The zero-order valence-electron chi connectivity index (χ0n) is 36.8. The average Bonchev–Trinajstić information content (AvgIpc) is 3.56. The number of esters is 1. The van der Waals surface area contributed by atoms with Gasteiger partial charge in [0, 0.05) is 26.1 Å². The molecule has 64 heavy (non-hydrogen) atoms. The summed E-state index contributed by atoms with van der Waals surface area (Å²) in [5.74, 6) is -2.08. The molecule has 0 aliphatic heterocycles. The van der Waals surface area contributed by atoms with Crippen LogP contribution in [0.1, 0.15) is 111 Å². The number of hydrogen-bond donors (Lipinski definition) is 6. The lowest BCUT2D eigenvalue weighted by Gasteiger charge is -2.27. The molecular formula is C48H73N7O8S. The molecule has 0 saturated carbocycles. The Morgan fingerprint density at radius 3 is 1.86 bits per heavy atom. The molecule has 4 rings (SSSR count). The monoisotopic (exact) mass is 908 g/mol. The molecule has 1 aliphatic carbocycles. The predicted octanol–water partition coefficient (Wildman–Crippen LogP) is 7.05. The maximum absolute atomic E-state index is 14.2. The van der Waals surface area contributed by atoms with Crippen molar-refractivity contribution in [2.24, 2.45) is 16.6 Å². The van der Waals surface area contributed by atoms with Crippen molar-refractivity contribution in [1.82, 2.24) is 26.6 Å². The van der Waals surface area contributed by atoms with Crippen molar-refractivity contribution in [2.75, 3.05) is 26.7 Å². The van der Waals surface area contributed by atoms with Crippen LogP contribution in [0.5, 0.6) is 0 Å². The number of guanidine groups is 1. The van der Waals surface area contributed by atoms with E-state index in [-0.39, 0.29) is 78.7 Å². The highest BCUT2D eigenvalue weighted by Gasteiger charge is 2.33. The summed E-state index contributed by atoms with van der Waals surface area (Å²) in [7, 11) is 1.54. The molecule has 4 amide bonds. The molecule has 15 nitrogen and oxygen atoms in total. The van der Waals surface area contributed by atoms with Gasteiger partial charge >= 0.3 is 18.2 Å². The average molecular weight is 908 g/mol. The summed E-state index contributed by atoms with van der Waals surface area (Å²) in [4.78, 5) is 71.3. The lowest BCUT2D eigenvalue weighted by molar-refractivity contribution is -0.151. The molecule has 3 aromatic rings. The number of fused-ring (bicyclic) bond motifs is 3. The number of unbranched alkanes of at least 4 members (excludes halogenated alkanes) is 1. The van der Waals surface area contributed by atoms with Crippen molar-refractivity contribution < 1.29 is 38.2 Å². The fourth-order valence-corrected chi connectivity index (χ4v) is 6.91. The highest BCUT2D eigenvalue weighted by molar-refractivity contribution is 7.59. The molecule has 0 heterocycles. The Morgan fingerprint density at radius 1 is 0.719 bits per heavy atom. The highest BCUT2D eigenvalue weighted by atomic mass is 32.1. The molecule has 3 aromatic carbocycles. The topological polar surface area (TPSA) is 212 Å². The molecule has 16 heteroatoms. The summed E-state index contributed by atoms with van der Waals surface area (Å²) < 4.78 is 16.7. The van der Waals surface area contributed by atoms with E-state index in [0.29, 0.717) is 32.2 Å². The third-order valence-electron chi connectivity index (χ3n) is 10.4. The number of alkyl carbamates (subject to hydrolysis) is 2. The molecule has 1 aliphatic rings. The van der Waals surface area contributed by atoms with E-state index in [9.17, 15) is 24.0 Å². The van der Waals surface area contributed by atoms with Gasteiger partial charge in [-0.25, -0.2) is 14.4 Å². The molecular weight excluding hydrogens is 835 g/mol. The van der Waals surface area contributed by atoms with Gasteiger partial charge in [0.1, 0.15) is 36.9 Å². The quantitative estimate of drug-likeness (QED) is 0.0211. The number of benzene rings is 3. The van der Waals surface area contributed by atoms with Gasteiger partial charge in [-0.1, -0.05) is 114 Å². The first-order valence-corrected chi connectivity index (χ1v) is 21.1. The molecule has 0 saturated heterocycles. The minimum atomic E-state index is -1.12. The first kappa shape index (κ1) is 56.2. The molecule has 0 spiro atoms. The van der Waals surface area contributed by atoms with Crippen LogP contribution in [0.2, 0.25) is 0 Å². The molecule has 0 bridgehead atoms. The Balaban J connectivity index is 0.00000683. The SMILES string of the molecule is C.C.CCC(C)[C@H](NC(=O)[C@@H](CCCNC(N)=NC)NC(=O)[C@@H](CCCCNC(=O)OC(C)(C)C)NC(=O)OCC1c2ccccc2-c2ccccc21)C(=O)OCc1ccccc1.S. The van der Waals surface area contributed by atoms with Crippen LogP contribution >= 0.6 is 13.5 Å². The number of ether oxygens (including phenoxy) is 3. The van der Waals surface area contributed by atoms with Crippen LogP contribution in [-0.4, -0.2) is 86.4 Å². The van der Waals surface area contributed by atoms with Crippen molar-refractivity contribution in [3.8, 4) is 11.1 Å². The highest BCUT2D eigenvalue weighted by Crippen LogP contribution is 2.44. The van der Waals surface area contributed by atoms with Gasteiger partial charge in [-0.2, -0.15) is 13.5 Å². The molecule has 4 atom stereocenters. The Kier molecular flexibility index (Phi) is 24.7. The smallest absolute Gasteiger partial charge is 0.407 e. The Morgan fingerprint density at radius 2 is 1.27 bits per heavy atom. The Bertz CT molecular complexity index is 1910. The van der Waals surface area contributed by atoms with Gasteiger partial charge in [0.05, 0.1) is 0 Å². The van der Waals surface area contributed by atoms with Crippen LogP contribution < -0.4 is 32.3 Å².